The molecule has 108 valence electrons. The lowest BCUT2D eigenvalue weighted by molar-refractivity contribution is 0.510. The quantitative estimate of drug-likeness (QED) is 0.836. The van der Waals surface area contributed by atoms with Gasteiger partial charge in [0.15, 0.2) is 5.65 Å². The lowest BCUT2D eigenvalue weighted by Gasteiger charge is -2.16. The standard InChI is InChI=1S/C13H18N4O2S/c1-9-14-12-8-10-6-4-5-7-11(10)15-13(12)17(9)20(18,19)16(2)3/h8H,4-7H2,1-3H3. The van der Waals surface area contributed by atoms with E-state index < -0.39 is 10.2 Å². The van der Waals surface area contributed by atoms with Gasteiger partial charge >= 0.3 is 10.2 Å². The van der Waals surface area contributed by atoms with Gasteiger partial charge in [-0.05, 0) is 44.2 Å². The molecule has 0 spiro atoms. The molecule has 7 heteroatoms. The van der Waals surface area contributed by atoms with Crippen LogP contribution in [0.25, 0.3) is 11.2 Å². The van der Waals surface area contributed by atoms with E-state index >= 15 is 0 Å². The van der Waals surface area contributed by atoms with Gasteiger partial charge in [0.25, 0.3) is 0 Å². The number of rotatable bonds is 2. The van der Waals surface area contributed by atoms with Gasteiger partial charge in [-0.1, -0.05) is 0 Å². The molecule has 0 amide bonds. The number of nitrogens with zero attached hydrogens (tertiary/aromatic N) is 4. The molecule has 0 saturated heterocycles. The Hall–Kier alpha value is -1.47. The average Bonchev–Trinajstić information content (AvgIpc) is 2.71. The Labute approximate surface area is 118 Å². The summed E-state index contributed by atoms with van der Waals surface area (Å²) in [4.78, 5) is 8.94. The number of hydrogen-bond donors (Lipinski definition) is 0. The Morgan fingerprint density at radius 2 is 1.90 bits per heavy atom. The number of imidazole rings is 1. The highest BCUT2D eigenvalue weighted by molar-refractivity contribution is 7.87. The molecule has 20 heavy (non-hydrogen) atoms. The lowest BCUT2D eigenvalue weighted by atomic mass is 9.96. The highest BCUT2D eigenvalue weighted by Gasteiger charge is 2.24. The Bertz CT molecular complexity index is 777. The molecular weight excluding hydrogens is 276 g/mol. The van der Waals surface area contributed by atoms with Gasteiger partial charge in [0.1, 0.15) is 11.3 Å². The first kappa shape index (κ1) is 13.5. The first-order chi connectivity index (χ1) is 9.41. The predicted molar refractivity (Wildman–Crippen MR) is 76.9 cm³/mol. The van der Waals surface area contributed by atoms with Crippen LogP contribution >= 0.6 is 0 Å². The molecule has 2 heterocycles. The molecule has 2 aromatic heterocycles. The van der Waals surface area contributed by atoms with Crippen LogP contribution in [0.15, 0.2) is 6.07 Å². The van der Waals surface area contributed by atoms with E-state index in [9.17, 15) is 8.42 Å². The molecule has 0 atom stereocenters. The molecule has 1 aliphatic rings. The maximum atomic E-state index is 12.4. The minimum atomic E-state index is -3.59. The smallest absolute Gasteiger partial charge is 0.232 e. The van der Waals surface area contributed by atoms with Gasteiger partial charge in [-0.2, -0.15) is 16.7 Å². The molecule has 0 aromatic carbocycles. The third-order valence-electron chi connectivity index (χ3n) is 3.72. The van der Waals surface area contributed by atoms with E-state index in [1.807, 2.05) is 6.07 Å². The van der Waals surface area contributed by atoms with E-state index in [4.69, 9.17) is 0 Å². The molecule has 2 aromatic rings. The van der Waals surface area contributed by atoms with Gasteiger partial charge in [0.2, 0.25) is 0 Å². The van der Waals surface area contributed by atoms with Gasteiger partial charge < -0.3 is 0 Å². The third-order valence-corrected chi connectivity index (χ3v) is 5.54. The molecule has 3 rings (SSSR count). The molecule has 0 radical (unpaired) electrons. The van der Waals surface area contributed by atoms with Crippen LogP contribution in [0.5, 0.6) is 0 Å². The summed E-state index contributed by atoms with van der Waals surface area (Å²) in [5.41, 5.74) is 3.32. The first-order valence-electron chi connectivity index (χ1n) is 6.72. The van der Waals surface area contributed by atoms with Crippen molar-refractivity contribution in [2.75, 3.05) is 14.1 Å². The summed E-state index contributed by atoms with van der Waals surface area (Å²) in [7, 11) is -0.567. The van der Waals surface area contributed by atoms with Crippen LogP contribution in [0.3, 0.4) is 0 Å². The van der Waals surface area contributed by atoms with Crippen molar-refractivity contribution < 1.29 is 8.42 Å². The van der Waals surface area contributed by atoms with E-state index in [1.165, 1.54) is 27.9 Å². The zero-order valence-corrected chi connectivity index (χ0v) is 12.7. The first-order valence-corrected chi connectivity index (χ1v) is 8.12. The van der Waals surface area contributed by atoms with E-state index in [1.54, 1.807) is 6.92 Å². The number of aryl methyl sites for hydroxylation is 3. The van der Waals surface area contributed by atoms with Crippen molar-refractivity contribution in [1.82, 2.24) is 18.2 Å². The summed E-state index contributed by atoms with van der Waals surface area (Å²) in [6, 6.07) is 1.99. The third kappa shape index (κ3) is 1.92. The van der Waals surface area contributed by atoms with Crippen LogP contribution < -0.4 is 0 Å². The SMILES string of the molecule is Cc1nc2cc3c(nc2n1S(=O)(=O)N(C)C)CCCC3. The van der Waals surface area contributed by atoms with Crippen molar-refractivity contribution >= 4 is 21.4 Å². The maximum absolute atomic E-state index is 12.4. The van der Waals surface area contributed by atoms with Crippen LogP contribution in [0.1, 0.15) is 29.9 Å². The molecule has 0 fully saturated rings. The fraction of sp³-hybridized carbons (Fsp3) is 0.538. The van der Waals surface area contributed by atoms with Gasteiger partial charge in [-0.25, -0.2) is 9.97 Å². The molecule has 1 aliphatic carbocycles. The number of aromatic nitrogens is 3. The van der Waals surface area contributed by atoms with E-state index in [0.717, 1.165) is 31.4 Å². The molecule has 6 nitrogen and oxygen atoms in total. The Morgan fingerprint density at radius 3 is 2.60 bits per heavy atom. The molecule has 0 aliphatic heterocycles. The van der Waals surface area contributed by atoms with Gasteiger partial charge in [-0.15, -0.1) is 0 Å². The summed E-state index contributed by atoms with van der Waals surface area (Å²) in [5, 5.41) is 0. The normalized spacial score (nSPS) is 15.8. The molecule has 0 unspecified atom stereocenters. The van der Waals surface area contributed by atoms with Gasteiger partial charge in [0.05, 0.1) is 0 Å². The van der Waals surface area contributed by atoms with Gasteiger partial charge in [0, 0.05) is 19.8 Å². The van der Waals surface area contributed by atoms with Crippen LogP contribution in [0.4, 0.5) is 0 Å². The van der Waals surface area contributed by atoms with E-state index in [2.05, 4.69) is 9.97 Å². The molecule has 0 N–H and O–H groups in total. The lowest BCUT2D eigenvalue weighted by Crippen LogP contribution is -2.29. The second-order valence-electron chi connectivity index (χ2n) is 5.36. The minimum Gasteiger partial charge on any atom is -0.232 e. The molecule has 0 bridgehead atoms. The Balaban J connectivity index is 2.31. The van der Waals surface area contributed by atoms with Crippen molar-refractivity contribution in [2.45, 2.75) is 32.6 Å². The van der Waals surface area contributed by atoms with E-state index in [0.29, 0.717) is 17.0 Å². The summed E-state index contributed by atoms with van der Waals surface area (Å²) in [6.07, 6.45) is 4.19. The summed E-state index contributed by atoms with van der Waals surface area (Å²) in [6.45, 7) is 1.70. The summed E-state index contributed by atoms with van der Waals surface area (Å²) >= 11 is 0. The number of fused-ring (bicyclic) bond motifs is 2. The zero-order valence-electron chi connectivity index (χ0n) is 11.9. The summed E-state index contributed by atoms with van der Waals surface area (Å²) in [5.74, 6) is 0.448. The van der Waals surface area contributed by atoms with Crippen LogP contribution in [-0.4, -0.2) is 40.8 Å². The van der Waals surface area contributed by atoms with E-state index in [-0.39, 0.29) is 0 Å². The average molecular weight is 294 g/mol. The number of pyridine rings is 1. The van der Waals surface area contributed by atoms with Crippen LogP contribution in [0, 0.1) is 6.92 Å². The van der Waals surface area contributed by atoms with Crippen molar-refractivity contribution in [3.63, 3.8) is 0 Å². The highest BCUT2D eigenvalue weighted by Crippen LogP contribution is 2.25. The molecule has 0 saturated carbocycles. The Morgan fingerprint density at radius 1 is 1.20 bits per heavy atom. The second-order valence-corrected chi connectivity index (χ2v) is 7.35. The van der Waals surface area contributed by atoms with Crippen LogP contribution in [-0.2, 0) is 23.1 Å². The predicted octanol–water partition coefficient (Wildman–Crippen LogP) is 1.27. The number of hydrogen-bond acceptors (Lipinski definition) is 4. The van der Waals surface area contributed by atoms with Crippen LogP contribution in [0.2, 0.25) is 0 Å². The Kier molecular flexibility index (Phi) is 3.06. The monoisotopic (exact) mass is 294 g/mol. The minimum absolute atomic E-state index is 0.442. The van der Waals surface area contributed by atoms with Crippen molar-refractivity contribution in [3.8, 4) is 0 Å². The molecular formula is C13H18N4O2S. The second kappa shape index (κ2) is 4.53. The van der Waals surface area contributed by atoms with Crippen molar-refractivity contribution in [2.24, 2.45) is 0 Å². The fourth-order valence-electron chi connectivity index (χ4n) is 2.65. The topological polar surface area (TPSA) is 68.1 Å². The van der Waals surface area contributed by atoms with Gasteiger partial charge in [-0.3, -0.25) is 0 Å². The van der Waals surface area contributed by atoms with Crippen molar-refractivity contribution in [1.29, 1.82) is 0 Å². The summed E-state index contributed by atoms with van der Waals surface area (Å²) < 4.78 is 27.2. The largest absolute Gasteiger partial charge is 0.310 e. The maximum Gasteiger partial charge on any atom is 0.310 e. The van der Waals surface area contributed by atoms with Crippen molar-refractivity contribution in [3.05, 3.63) is 23.1 Å². The highest BCUT2D eigenvalue weighted by atomic mass is 32.2. The zero-order chi connectivity index (χ0) is 14.5. The fourth-order valence-corrected chi connectivity index (χ4v) is 3.71.